The molecule has 0 saturated carbocycles. The number of hydrogen-bond acceptors (Lipinski definition) is 4. The van der Waals surface area contributed by atoms with Crippen molar-refractivity contribution >= 4 is 28.2 Å². The highest BCUT2D eigenvalue weighted by molar-refractivity contribution is 7.16. The summed E-state index contributed by atoms with van der Waals surface area (Å²) in [5.74, 6) is -0.480. The van der Waals surface area contributed by atoms with E-state index < -0.39 is 0 Å². The summed E-state index contributed by atoms with van der Waals surface area (Å²) in [6.45, 7) is 10.7. The monoisotopic (exact) mass is 387 g/mol. The number of esters is 1. The topological polar surface area (TPSA) is 55.4 Å². The molecule has 0 fully saturated rings. The lowest BCUT2D eigenvalue weighted by atomic mass is 9.86. The van der Waals surface area contributed by atoms with Crippen LogP contribution in [0.25, 0.3) is 0 Å². The van der Waals surface area contributed by atoms with Gasteiger partial charge in [0, 0.05) is 11.3 Å². The Morgan fingerprint density at radius 1 is 1.11 bits per heavy atom. The summed E-state index contributed by atoms with van der Waals surface area (Å²) in [6.07, 6.45) is 1.85. The number of amides is 1. The highest BCUT2D eigenvalue weighted by Gasteiger charge is 2.18. The van der Waals surface area contributed by atoms with Crippen molar-refractivity contribution in [2.45, 2.75) is 59.3 Å². The summed E-state index contributed by atoms with van der Waals surface area (Å²) in [5.41, 5.74) is 2.97. The number of thiophene rings is 1. The molecular weight excluding hydrogens is 358 g/mol. The Hall–Kier alpha value is -2.14. The Morgan fingerprint density at radius 3 is 2.33 bits per heavy atom. The molecule has 0 unspecified atom stereocenters. The van der Waals surface area contributed by atoms with Gasteiger partial charge in [-0.1, -0.05) is 52.0 Å². The van der Waals surface area contributed by atoms with Crippen LogP contribution < -0.4 is 5.32 Å². The SMILES string of the molecule is CCOC(=O)c1cc(CC)sc1NC(=O)CCc1ccc(C(C)(C)C)cc1. The number of nitrogens with one attached hydrogen (secondary N) is 1. The zero-order chi connectivity index (χ0) is 20.0. The minimum absolute atomic E-state index is 0.0926. The van der Waals surface area contributed by atoms with Gasteiger partial charge in [-0.25, -0.2) is 4.79 Å². The second-order valence-corrected chi connectivity index (χ2v) is 8.66. The zero-order valence-corrected chi connectivity index (χ0v) is 17.7. The molecular formula is C22H29NO3S. The summed E-state index contributed by atoms with van der Waals surface area (Å²) >= 11 is 1.44. The Labute approximate surface area is 165 Å². The van der Waals surface area contributed by atoms with Gasteiger partial charge in [-0.05, 0) is 42.4 Å². The fourth-order valence-corrected chi connectivity index (χ4v) is 3.69. The lowest BCUT2D eigenvalue weighted by Gasteiger charge is -2.19. The van der Waals surface area contributed by atoms with E-state index in [4.69, 9.17) is 4.74 Å². The predicted octanol–water partition coefficient (Wildman–Crippen LogP) is 5.36. The van der Waals surface area contributed by atoms with Crippen LogP contribution in [0.3, 0.4) is 0 Å². The number of aryl methyl sites for hydroxylation is 2. The number of hydrogen-bond donors (Lipinski definition) is 1. The third kappa shape index (κ3) is 5.93. The summed E-state index contributed by atoms with van der Waals surface area (Å²) < 4.78 is 5.09. The fourth-order valence-electron chi connectivity index (χ4n) is 2.69. The molecule has 27 heavy (non-hydrogen) atoms. The maximum atomic E-state index is 12.4. The maximum Gasteiger partial charge on any atom is 0.341 e. The van der Waals surface area contributed by atoms with Crippen molar-refractivity contribution in [2.75, 3.05) is 11.9 Å². The number of benzene rings is 1. The molecule has 0 aliphatic carbocycles. The van der Waals surface area contributed by atoms with Crippen molar-refractivity contribution in [3.8, 4) is 0 Å². The van der Waals surface area contributed by atoms with E-state index >= 15 is 0 Å². The van der Waals surface area contributed by atoms with Gasteiger partial charge >= 0.3 is 5.97 Å². The molecule has 0 aliphatic rings. The van der Waals surface area contributed by atoms with Crippen molar-refractivity contribution in [2.24, 2.45) is 0 Å². The first kappa shape index (κ1) is 21.2. The minimum Gasteiger partial charge on any atom is -0.462 e. The lowest BCUT2D eigenvalue weighted by Crippen LogP contribution is -2.14. The van der Waals surface area contributed by atoms with Crippen LogP contribution in [0.15, 0.2) is 30.3 Å². The van der Waals surface area contributed by atoms with Gasteiger partial charge in [0.05, 0.1) is 12.2 Å². The molecule has 1 amide bonds. The molecule has 4 nitrogen and oxygen atoms in total. The first-order valence-corrected chi connectivity index (χ1v) is 10.2. The van der Waals surface area contributed by atoms with Crippen LogP contribution >= 0.6 is 11.3 Å². The highest BCUT2D eigenvalue weighted by atomic mass is 32.1. The van der Waals surface area contributed by atoms with Crippen molar-refractivity contribution < 1.29 is 14.3 Å². The van der Waals surface area contributed by atoms with Gasteiger partial charge in [-0.2, -0.15) is 0 Å². The average Bonchev–Trinajstić information content (AvgIpc) is 3.03. The van der Waals surface area contributed by atoms with E-state index in [2.05, 4.69) is 50.4 Å². The van der Waals surface area contributed by atoms with E-state index in [0.717, 1.165) is 16.9 Å². The molecule has 0 bridgehead atoms. The van der Waals surface area contributed by atoms with Gasteiger partial charge in [0.25, 0.3) is 0 Å². The molecule has 2 rings (SSSR count). The van der Waals surface area contributed by atoms with Gasteiger partial charge in [-0.15, -0.1) is 11.3 Å². The molecule has 0 spiro atoms. The Morgan fingerprint density at radius 2 is 1.78 bits per heavy atom. The summed E-state index contributed by atoms with van der Waals surface area (Å²) in [5, 5.41) is 3.47. The summed E-state index contributed by atoms with van der Waals surface area (Å²) in [7, 11) is 0. The molecule has 0 atom stereocenters. The zero-order valence-electron chi connectivity index (χ0n) is 16.8. The number of carbonyl (C=O) groups is 2. The summed E-state index contributed by atoms with van der Waals surface area (Å²) in [6, 6.07) is 10.2. The van der Waals surface area contributed by atoms with Crippen molar-refractivity contribution in [3.05, 3.63) is 51.9 Å². The van der Waals surface area contributed by atoms with Crippen LogP contribution in [0.5, 0.6) is 0 Å². The van der Waals surface area contributed by atoms with Crippen LogP contribution in [-0.2, 0) is 27.8 Å². The quantitative estimate of drug-likeness (QED) is 0.651. The van der Waals surface area contributed by atoms with Gasteiger partial charge in [-0.3, -0.25) is 4.79 Å². The van der Waals surface area contributed by atoms with Crippen LogP contribution in [0.4, 0.5) is 5.00 Å². The van der Waals surface area contributed by atoms with Crippen LogP contribution in [0.2, 0.25) is 0 Å². The lowest BCUT2D eigenvalue weighted by molar-refractivity contribution is -0.116. The van der Waals surface area contributed by atoms with E-state index in [9.17, 15) is 9.59 Å². The van der Waals surface area contributed by atoms with Crippen LogP contribution in [-0.4, -0.2) is 18.5 Å². The minimum atomic E-state index is -0.387. The molecule has 1 aromatic heterocycles. The third-order valence-corrected chi connectivity index (χ3v) is 5.54. The summed E-state index contributed by atoms with van der Waals surface area (Å²) in [4.78, 5) is 25.5. The van der Waals surface area contributed by atoms with E-state index in [1.54, 1.807) is 6.92 Å². The second-order valence-electron chi connectivity index (χ2n) is 7.52. The predicted molar refractivity (Wildman–Crippen MR) is 112 cm³/mol. The van der Waals surface area contributed by atoms with Gasteiger partial charge in [0.2, 0.25) is 5.91 Å². The van der Waals surface area contributed by atoms with E-state index in [-0.39, 0.29) is 17.3 Å². The van der Waals surface area contributed by atoms with E-state index in [0.29, 0.717) is 30.0 Å². The first-order valence-electron chi connectivity index (χ1n) is 9.43. The first-order chi connectivity index (χ1) is 12.7. The second kappa shape index (κ2) is 9.18. The average molecular weight is 388 g/mol. The molecule has 1 N–H and O–H groups in total. The normalized spacial score (nSPS) is 11.3. The molecule has 146 valence electrons. The molecule has 0 radical (unpaired) electrons. The number of rotatable bonds is 7. The van der Waals surface area contributed by atoms with Gasteiger partial charge in [0.15, 0.2) is 0 Å². The smallest absolute Gasteiger partial charge is 0.341 e. The molecule has 1 heterocycles. The fraction of sp³-hybridized carbons (Fsp3) is 0.455. The van der Waals surface area contributed by atoms with Crippen LogP contribution in [0.1, 0.15) is 67.4 Å². The standard InChI is InChI=1S/C22H29NO3S/c1-6-17-14-18(21(25)26-7-2)20(27-17)23-19(24)13-10-15-8-11-16(12-9-15)22(3,4)5/h8-9,11-12,14H,6-7,10,13H2,1-5H3,(H,23,24). The third-order valence-electron chi connectivity index (χ3n) is 4.34. The number of carbonyl (C=O) groups excluding carboxylic acids is 2. The maximum absolute atomic E-state index is 12.4. The number of anilines is 1. The number of ether oxygens (including phenoxy) is 1. The largest absolute Gasteiger partial charge is 0.462 e. The van der Waals surface area contributed by atoms with E-state index in [1.807, 2.05) is 13.0 Å². The Balaban J connectivity index is 1.99. The molecule has 1 aromatic carbocycles. The molecule has 2 aromatic rings. The van der Waals surface area contributed by atoms with E-state index in [1.165, 1.54) is 16.9 Å². The van der Waals surface area contributed by atoms with Gasteiger partial charge in [0.1, 0.15) is 5.00 Å². The van der Waals surface area contributed by atoms with Gasteiger partial charge < -0.3 is 10.1 Å². The van der Waals surface area contributed by atoms with Crippen molar-refractivity contribution in [1.29, 1.82) is 0 Å². The molecule has 0 saturated heterocycles. The van der Waals surface area contributed by atoms with Crippen molar-refractivity contribution in [1.82, 2.24) is 0 Å². The Kier molecular flexibility index (Phi) is 7.19. The Bertz CT molecular complexity index is 785. The molecule has 0 aliphatic heterocycles. The highest BCUT2D eigenvalue weighted by Crippen LogP contribution is 2.29. The van der Waals surface area contributed by atoms with Crippen molar-refractivity contribution in [3.63, 3.8) is 0 Å². The van der Waals surface area contributed by atoms with Crippen LogP contribution in [0, 0.1) is 0 Å². The molecule has 5 heteroatoms.